The van der Waals surface area contributed by atoms with Crippen LogP contribution < -0.4 is 10.2 Å². The summed E-state index contributed by atoms with van der Waals surface area (Å²) in [6, 6.07) is 12.2. The van der Waals surface area contributed by atoms with E-state index in [2.05, 4.69) is 5.32 Å². The van der Waals surface area contributed by atoms with E-state index in [0.717, 1.165) is 4.90 Å². The van der Waals surface area contributed by atoms with Crippen LogP contribution in [0.25, 0.3) is 10.8 Å². The first-order chi connectivity index (χ1) is 13.9. The molecule has 4 amide bonds. The van der Waals surface area contributed by atoms with Crippen molar-refractivity contribution in [3.8, 4) is 0 Å². The van der Waals surface area contributed by atoms with Gasteiger partial charge in [0.1, 0.15) is 0 Å². The molecule has 0 aromatic heterocycles. The molecule has 2 aliphatic heterocycles. The Morgan fingerprint density at radius 3 is 1.83 bits per heavy atom. The summed E-state index contributed by atoms with van der Waals surface area (Å²) in [5.74, 6) is -2.48. The fraction of sp³-hybridized carbons (Fsp3) is 0.0455. The largest absolute Gasteiger partial charge is 0.295 e. The van der Waals surface area contributed by atoms with Crippen LogP contribution in [-0.4, -0.2) is 29.4 Å². The van der Waals surface area contributed by atoms with Gasteiger partial charge in [0.05, 0.1) is 5.69 Å². The van der Waals surface area contributed by atoms with Crippen molar-refractivity contribution in [1.29, 1.82) is 0 Å². The number of nitrogens with zero attached hydrogens (tertiary/aromatic N) is 1. The molecule has 0 saturated heterocycles. The number of anilines is 1. The molecule has 7 nitrogen and oxygen atoms in total. The summed E-state index contributed by atoms with van der Waals surface area (Å²) in [6.45, 7) is 1.40. The third-order valence-electron chi connectivity index (χ3n) is 5.25. The van der Waals surface area contributed by atoms with E-state index in [-0.39, 0.29) is 33.7 Å². The summed E-state index contributed by atoms with van der Waals surface area (Å²) in [5, 5.41) is 2.87. The number of hydrogen-bond donors (Lipinski definition) is 1. The fourth-order valence-corrected chi connectivity index (χ4v) is 3.90. The Morgan fingerprint density at radius 2 is 1.28 bits per heavy atom. The highest BCUT2D eigenvalue weighted by Crippen LogP contribution is 2.37. The number of nitrogens with one attached hydrogen (secondary N) is 1. The summed E-state index contributed by atoms with van der Waals surface area (Å²) >= 11 is 0. The highest BCUT2D eigenvalue weighted by Gasteiger charge is 2.37. The van der Waals surface area contributed by atoms with E-state index in [1.165, 1.54) is 37.3 Å². The van der Waals surface area contributed by atoms with Crippen molar-refractivity contribution in [3.05, 3.63) is 76.3 Å². The molecule has 2 heterocycles. The number of imide groups is 2. The number of Topliss-reactive ketones (excluding diaryl/α,β-unsaturated/α-hetero) is 1. The minimum absolute atomic E-state index is 0.188. The van der Waals surface area contributed by atoms with Crippen molar-refractivity contribution in [2.45, 2.75) is 6.92 Å². The normalized spacial score (nSPS) is 15.0. The van der Waals surface area contributed by atoms with Gasteiger partial charge in [0, 0.05) is 38.6 Å². The maximum atomic E-state index is 13.2. The van der Waals surface area contributed by atoms with Crippen molar-refractivity contribution >= 4 is 45.9 Å². The van der Waals surface area contributed by atoms with E-state index in [9.17, 15) is 24.0 Å². The predicted molar refractivity (Wildman–Crippen MR) is 103 cm³/mol. The lowest BCUT2D eigenvalue weighted by atomic mass is 9.86. The Hall–Kier alpha value is -4.13. The van der Waals surface area contributed by atoms with Gasteiger partial charge in [-0.2, -0.15) is 0 Å². The number of carbonyl (C=O) groups is 5. The molecule has 0 aliphatic carbocycles. The van der Waals surface area contributed by atoms with Crippen molar-refractivity contribution in [3.63, 3.8) is 0 Å². The van der Waals surface area contributed by atoms with Gasteiger partial charge in [-0.15, -0.1) is 0 Å². The Kier molecular flexibility index (Phi) is 3.33. The van der Waals surface area contributed by atoms with Crippen LogP contribution in [0.15, 0.2) is 48.5 Å². The lowest BCUT2D eigenvalue weighted by Gasteiger charge is -2.29. The highest BCUT2D eigenvalue weighted by atomic mass is 16.2. The Morgan fingerprint density at radius 1 is 0.759 bits per heavy atom. The molecule has 3 aromatic rings. The topological polar surface area (TPSA) is 101 Å². The van der Waals surface area contributed by atoms with Gasteiger partial charge in [-0.05, 0) is 43.3 Å². The third kappa shape index (κ3) is 2.21. The minimum Gasteiger partial charge on any atom is -0.295 e. The highest BCUT2D eigenvalue weighted by molar-refractivity contribution is 6.39. The summed E-state index contributed by atoms with van der Waals surface area (Å²) in [4.78, 5) is 63.6. The number of amides is 4. The lowest BCUT2D eigenvalue weighted by molar-refractivity contribution is 0.0837. The molecule has 3 aromatic carbocycles. The number of benzene rings is 3. The molecule has 0 saturated carbocycles. The van der Waals surface area contributed by atoms with E-state index in [1.807, 2.05) is 0 Å². The third-order valence-corrected chi connectivity index (χ3v) is 5.25. The fourth-order valence-electron chi connectivity index (χ4n) is 3.90. The Bertz CT molecular complexity index is 1270. The van der Waals surface area contributed by atoms with Crippen molar-refractivity contribution in [1.82, 2.24) is 5.32 Å². The second kappa shape index (κ2) is 5.68. The van der Waals surface area contributed by atoms with Gasteiger partial charge in [-0.25, -0.2) is 4.90 Å². The van der Waals surface area contributed by atoms with Crippen LogP contribution in [-0.2, 0) is 0 Å². The van der Waals surface area contributed by atoms with Crippen LogP contribution in [0.4, 0.5) is 5.69 Å². The molecular formula is C22H12N2O5. The summed E-state index contributed by atoms with van der Waals surface area (Å²) in [7, 11) is 0. The van der Waals surface area contributed by atoms with Gasteiger partial charge in [-0.1, -0.05) is 12.1 Å². The standard InChI is InChI=1S/C22H12N2O5/c1-10(25)11-3-2-4-12(9-11)24-21(28)15-7-5-13-17-14(20(27)23-19(13)26)6-8-16(18(15)17)22(24)29/h2-9H,1H3,(H,23,26,27). The van der Waals surface area contributed by atoms with E-state index >= 15 is 0 Å². The molecule has 0 atom stereocenters. The summed E-state index contributed by atoms with van der Waals surface area (Å²) in [6.07, 6.45) is 0. The zero-order valence-electron chi connectivity index (χ0n) is 15.1. The average Bonchev–Trinajstić information content (AvgIpc) is 2.70. The maximum absolute atomic E-state index is 13.2. The molecule has 140 valence electrons. The van der Waals surface area contributed by atoms with Crippen molar-refractivity contribution in [2.75, 3.05) is 4.90 Å². The molecule has 0 radical (unpaired) electrons. The lowest BCUT2D eigenvalue weighted by Crippen LogP contribution is -2.42. The molecular weight excluding hydrogens is 372 g/mol. The molecule has 1 N–H and O–H groups in total. The molecule has 7 heteroatoms. The van der Waals surface area contributed by atoms with Crippen LogP contribution >= 0.6 is 0 Å². The first-order valence-electron chi connectivity index (χ1n) is 8.83. The first-order valence-corrected chi connectivity index (χ1v) is 8.83. The van der Waals surface area contributed by atoms with Crippen LogP contribution in [0.5, 0.6) is 0 Å². The smallest absolute Gasteiger partial charge is 0.265 e. The maximum Gasteiger partial charge on any atom is 0.265 e. The number of hydrogen-bond acceptors (Lipinski definition) is 5. The van der Waals surface area contributed by atoms with Crippen LogP contribution in [0, 0.1) is 0 Å². The predicted octanol–water partition coefficient (Wildman–Crippen LogP) is 2.73. The van der Waals surface area contributed by atoms with Crippen molar-refractivity contribution < 1.29 is 24.0 Å². The quantitative estimate of drug-likeness (QED) is 0.541. The van der Waals surface area contributed by atoms with Crippen LogP contribution in [0.1, 0.15) is 58.7 Å². The number of ketones is 1. The first kappa shape index (κ1) is 17.0. The zero-order valence-corrected chi connectivity index (χ0v) is 15.1. The van der Waals surface area contributed by atoms with E-state index in [0.29, 0.717) is 16.3 Å². The second-order valence-corrected chi connectivity index (χ2v) is 6.91. The van der Waals surface area contributed by atoms with Crippen molar-refractivity contribution in [2.24, 2.45) is 0 Å². The number of carbonyl (C=O) groups excluding carboxylic acids is 5. The molecule has 0 unspecified atom stereocenters. The monoisotopic (exact) mass is 384 g/mol. The van der Waals surface area contributed by atoms with Gasteiger partial charge in [0.2, 0.25) is 0 Å². The van der Waals surface area contributed by atoms with Gasteiger partial charge < -0.3 is 0 Å². The van der Waals surface area contributed by atoms with E-state index in [1.54, 1.807) is 18.2 Å². The number of rotatable bonds is 2. The SMILES string of the molecule is CC(=O)c1cccc(N2C(=O)c3ccc4c5c(ccc(c35)C2=O)C(=O)NC4=O)c1. The van der Waals surface area contributed by atoms with Gasteiger partial charge in [-0.3, -0.25) is 29.3 Å². The molecule has 5 rings (SSSR count). The molecule has 2 aliphatic rings. The molecule has 29 heavy (non-hydrogen) atoms. The van der Waals surface area contributed by atoms with E-state index < -0.39 is 23.6 Å². The van der Waals surface area contributed by atoms with E-state index in [4.69, 9.17) is 0 Å². The second-order valence-electron chi connectivity index (χ2n) is 6.91. The summed E-state index contributed by atoms with van der Waals surface area (Å²) in [5.41, 5.74) is 1.58. The average molecular weight is 384 g/mol. The Labute approximate surface area is 163 Å². The van der Waals surface area contributed by atoms with Gasteiger partial charge in [0.25, 0.3) is 23.6 Å². The molecule has 0 bridgehead atoms. The van der Waals surface area contributed by atoms with Gasteiger partial charge in [0.15, 0.2) is 5.78 Å². The molecule has 0 spiro atoms. The summed E-state index contributed by atoms with van der Waals surface area (Å²) < 4.78 is 0. The minimum atomic E-state index is -0.578. The molecule has 0 fully saturated rings. The van der Waals surface area contributed by atoms with Crippen LogP contribution in [0.3, 0.4) is 0 Å². The van der Waals surface area contributed by atoms with Gasteiger partial charge >= 0.3 is 0 Å². The zero-order chi connectivity index (χ0) is 20.4. The Balaban J connectivity index is 1.78. The van der Waals surface area contributed by atoms with Crippen LogP contribution in [0.2, 0.25) is 0 Å².